The van der Waals surface area contributed by atoms with Gasteiger partial charge in [-0.1, -0.05) is 35.9 Å². The Labute approximate surface area is 203 Å². The maximum Gasteiger partial charge on any atom is 0.344 e. The number of nitrogens with one attached hydrogen (secondary N) is 1. The van der Waals surface area contributed by atoms with Gasteiger partial charge < -0.3 is 19.9 Å². The van der Waals surface area contributed by atoms with Crippen molar-refractivity contribution in [3.8, 4) is 0 Å². The predicted molar refractivity (Wildman–Crippen MR) is 128 cm³/mol. The fraction of sp³-hybridized carbons (Fsp3) is 0.400. The minimum Gasteiger partial charge on any atom is -0.467 e. The fourth-order valence-electron chi connectivity index (χ4n) is 4.44. The zero-order valence-electron chi connectivity index (χ0n) is 19.6. The molecule has 2 aromatic carbocycles. The van der Waals surface area contributed by atoms with Crippen molar-refractivity contribution in [2.75, 3.05) is 25.7 Å². The molecular formula is C25H29ClN2O6. The number of anilines is 1. The van der Waals surface area contributed by atoms with Crippen LogP contribution in [-0.2, 0) is 36.7 Å². The Morgan fingerprint density at radius 3 is 2.41 bits per heavy atom. The normalized spacial score (nSPS) is 15.9. The van der Waals surface area contributed by atoms with E-state index in [0.29, 0.717) is 29.2 Å². The lowest BCUT2D eigenvalue weighted by Gasteiger charge is -2.32. The SMILES string of the molecule is COC(=O)C1(C(=O)OC)Cc2cc(CC(C)NC[C@@H](O)c3cccc(Cl)c3)ccc2N1C(C)=O. The summed E-state index contributed by atoms with van der Waals surface area (Å²) in [7, 11) is 2.34. The van der Waals surface area contributed by atoms with E-state index in [2.05, 4.69) is 5.32 Å². The molecule has 1 unspecified atom stereocenters. The van der Waals surface area contributed by atoms with Gasteiger partial charge >= 0.3 is 11.9 Å². The molecule has 0 saturated heterocycles. The van der Waals surface area contributed by atoms with Crippen molar-refractivity contribution in [3.05, 3.63) is 64.2 Å². The summed E-state index contributed by atoms with van der Waals surface area (Å²) in [5.41, 5.74) is 0.945. The van der Waals surface area contributed by atoms with E-state index >= 15 is 0 Å². The number of nitrogens with zero attached hydrogens (tertiary/aromatic N) is 1. The van der Waals surface area contributed by atoms with Gasteiger partial charge in [-0.05, 0) is 48.2 Å². The zero-order valence-corrected chi connectivity index (χ0v) is 20.4. The van der Waals surface area contributed by atoms with Crippen molar-refractivity contribution < 1.29 is 29.0 Å². The number of carbonyl (C=O) groups excluding carboxylic acids is 3. The van der Waals surface area contributed by atoms with Crippen LogP contribution in [0.4, 0.5) is 5.69 Å². The van der Waals surface area contributed by atoms with Crippen LogP contribution < -0.4 is 10.2 Å². The van der Waals surface area contributed by atoms with Gasteiger partial charge in [0.15, 0.2) is 0 Å². The van der Waals surface area contributed by atoms with E-state index in [9.17, 15) is 19.5 Å². The highest BCUT2D eigenvalue weighted by molar-refractivity contribution is 6.30. The molecule has 9 heteroatoms. The monoisotopic (exact) mass is 488 g/mol. The molecule has 2 aromatic rings. The van der Waals surface area contributed by atoms with Crippen LogP contribution in [0.15, 0.2) is 42.5 Å². The molecule has 0 spiro atoms. The molecule has 1 aliphatic rings. The first-order valence-corrected chi connectivity index (χ1v) is 11.3. The van der Waals surface area contributed by atoms with Gasteiger partial charge in [-0.2, -0.15) is 0 Å². The van der Waals surface area contributed by atoms with Crippen LogP contribution in [0.2, 0.25) is 5.02 Å². The summed E-state index contributed by atoms with van der Waals surface area (Å²) in [6, 6.07) is 12.6. The van der Waals surface area contributed by atoms with E-state index < -0.39 is 29.5 Å². The van der Waals surface area contributed by atoms with Crippen LogP contribution in [-0.4, -0.2) is 55.3 Å². The molecule has 0 radical (unpaired) electrons. The second-order valence-electron chi connectivity index (χ2n) is 8.42. The van der Waals surface area contributed by atoms with Crippen molar-refractivity contribution in [2.45, 2.75) is 44.4 Å². The second-order valence-corrected chi connectivity index (χ2v) is 8.86. The van der Waals surface area contributed by atoms with Crippen molar-refractivity contribution in [3.63, 3.8) is 0 Å². The number of esters is 2. The molecule has 0 fully saturated rings. The predicted octanol–water partition coefficient (Wildman–Crippen LogP) is 2.59. The van der Waals surface area contributed by atoms with Gasteiger partial charge in [-0.3, -0.25) is 9.69 Å². The third-order valence-corrected chi connectivity index (χ3v) is 6.24. The standard InChI is InChI=1S/C25H29ClN2O6/c1-15(27-14-22(30)18-6-5-7-20(26)12-18)10-17-8-9-21-19(11-17)13-25(23(31)33-3,24(32)34-4)28(21)16(2)29/h5-9,11-12,15,22,27,30H,10,13-14H2,1-4H3/t15?,22-/m1/s1. The van der Waals surface area contributed by atoms with E-state index in [-0.39, 0.29) is 12.5 Å². The Bertz CT molecular complexity index is 1070. The average Bonchev–Trinajstić information content (AvgIpc) is 3.17. The Morgan fingerprint density at radius 2 is 1.82 bits per heavy atom. The number of hydrogen-bond acceptors (Lipinski definition) is 7. The van der Waals surface area contributed by atoms with Crippen molar-refractivity contribution in [1.29, 1.82) is 0 Å². The lowest BCUT2D eigenvalue weighted by molar-refractivity contribution is -0.162. The topological polar surface area (TPSA) is 105 Å². The maximum absolute atomic E-state index is 12.7. The summed E-state index contributed by atoms with van der Waals surface area (Å²) in [6.45, 7) is 3.63. The molecule has 0 bridgehead atoms. The lowest BCUT2D eigenvalue weighted by Crippen LogP contribution is -2.61. The molecule has 0 aliphatic carbocycles. The minimum absolute atomic E-state index is 0.0168. The molecule has 182 valence electrons. The number of fused-ring (bicyclic) bond motifs is 1. The number of benzene rings is 2. The van der Waals surface area contributed by atoms with Crippen LogP contribution in [0.1, 0.15) is 36.6 Å². The van der Waals surface area contributed by atoms with E-state index in [4.69, 9.17) is 21.1 Å². The van der Waals surface area contributed by atoms with Gasteiger partial charge in [-0.25, -0.2) is 9.59 Å². The first kappa shape index (κ1) is 25.7. The third-order valence-electron chi connectivity index (χ3n) is 6.01. The van der Waals surface area contributed by atoms with Crippen LogP contribution in [0.3, 0.4) is 0 Å². The molecule has 1 aliphatic heterocycles. The van der Waals surface area contributed by atoms with Gasteiger partial charge in [0, 0.05) is 36.6 Å². The number of rotatable bonds is 8. The number of ether oxygens (including phenoxy) is 2. The number of aliphatic hydroxyl groups is 1. The van der Waals surface area contributed by atoms with E-state index in [1.54, 1.807) is 24.3 Å². The van der Waals surface area contributed by atoms with Crippen LogP contribution >= 0.6 is 11.6 Å². The maximum atomic E-state index is 12.7. The van der Waals surface area contributed by atoms with Gasteiger partial charge in [0.2, 0.25) is 11.4 Å². The quantitative estimate of drug-likeness (QED) is 0.434. The summed E-state index contributed by atoms with van der Waals surface area (Å²) in [5, 5.41) is 14.3. The molecule has 1 heterocycles. The molecule has 2 atom stereocenters. The molecule has 0 saturated carbocycles. The summed E-state index contributed by atoms with van der Waals surface area (Å²) in [4.78, 5) is 39.1. The largest absolute Gasteiger partial charge is 0.467 e. The lowest BCUT2D eigenvalue weighted by atomic mass is 9.93. The highest BCUT2D eigenvalue weighted by Crippen LogP contribution is 2.41. The summed E-state index contributed by atoms with van der Waals surface area (Å²) >= 11 is 6.00. The number of aliphatic hydroxyl groups excluding tert-OH is 1. The van der Waals surface area contributed by atoms with Crippen molar-refractivity contribution in [1.82, 2.24) is 5.32 Å². The molecular weight excluding hydrogens is 460 g/mol. The Balaban J connectivity index is 1.76. The first-order valence-electron chi connectivity index (χ1n) is 10.9. The number of carbonyl (C=O) groups is 3. The molecule has 8 nitrogen and oxygen atoms in total. The Hall–Kier alpha value is -2.94. The number of amides is 1. The molecule has 3 rings (SSSR count). The fourth-order valence-corrected chi connectivity index (χ4v) is 4.64. The van der Waals surface area contributed by atoms with Gasteiger partial charge in [0.05, 0.1) is 20.3 Å². The van der Waals surface area contributed by atoms with E-state index in [1.807, 2.05) is 25.1 Å². The number of methoxy groups -OCH3 is 2. The first-order chi connectivity index (χ1) is 16.1. The van der Waals surface area contributed by atoms with Gasteiger partial charge in [-0.15, -0.1) is 0 Å². The second kappa shape index (κ2) is 10.5. The minimum atomic E-state index is -1.89. The van der Waals surface area contributed by atoms with Crippen LogP contribution in [0.5, 0.6) is 0 Å². The number of hydrogen-bond donors (Lipinski definition) is 2. The van der Waals surface area contributed by atoms with Crippen molar-refractivity contribution in [2.24, 2.45) is 0 Å². The average molecular weight is 489 g/mol. The van der Waals surface area contributed by atoms with Crippen LogP contribution in [0.25, 0.3) is 0 Å². The Morgan fingerprint density at radius 1 is 1.15 bits per heavy atom. The third kappa shape index (κ3) is 4.94. The molecule has 34 heavy (non-hydrogen) atoms. The highest BCUT2D eigenvalue weighted by Gasteiger charge is 2.59. The summed E-state index contributed by atoms with van der Waals surface area (Å²) in [5.74, 6) is -2.16. The highest BCUT2D eigenvalue weighted by atomic mass is 35.5. The molecule has 0 aromatic heterocycles. The number of halogens is 1. The smallest absolute Gasteiger partial charge is 0.344 e. The van der Waals surface area contributed by atoms with Gasteiger partial charge in [0.1, 0.15) is 0 Å². The van der Waals surface area contributed by atoms with Gasteiger partial charge in [0.25, 0.3) is 0 Å². The van der Waals surface area contributed by atoms with Crippen molar-refractivity contribution >= 4 is 35.1 Å². The zero-order chi connectivity index (χ0) is 25.0. The molecule has 1 amide bonds. The van der Waals surface area contributed by atoms with E-state index in [1.165, 1.54) is 21.1 Å². The molecule has 2 N–H and O–H groups in total. The summed E-state index contributed by atoms with van der Waals surface area (Å²) < 4.78 is 9.78. The Kier molecular flexibility index (Phi) is 7.97. The van der Waals surface area contributed by atoms with E-state index in [0.717, 1.165) is 16.0 Å². The van der Waals surface area contributed by atoms with Crippen LogP contribution in [0, 0.1) is 0 Å². The summed E-state index contributed by atoms with van der Waals surface area (Å²) in [6.07, 6.45) is -0.116.